The molecule has 0 aliphatic carbocycles. The van der Waals surface area contributed by atoms with E-state index in [0.29, 0.717) is 25.0 Å². The maximum atomic E-state index is 12.1. The zero-order chi connectivity index (χ0) is 15.0. The predicted octanol–water partition coefficient (Wildman–Crippen LogP) is 2.05. The van der Waals surface area contributed by atoms with Gasteiger partial charge in [-0.25, -0.2) is 14.8 Å². The third-order valence-corrected chi connectivity index (χ3v) is 3.54. The van der Waals surface area contributed by atoms with Gasteiger partial charge in [-0.05, 0) is 32.4 Å². The van der Waals surface area contributed by atoms with Crippen LogP contribution in [0, 0.1) is 5.92 Å². The van der Waals surface area contributed by atoms with Gasteiger partial charge in [-0.3, -0.25) is 0 Å². The molecule has 3 heterocycles. The average Bonchev–Trinajstić information content (AvgIpc) is 2.95. The minimum Gasteiger partial charge on any atom is -0.444 e. The number of anilines is 1. The lowest BCUT2D eigenvalue weighted by Crippen LogP contribution is -2.36. The van der Waals surface area contributed by atoms with Gasteiger partial charge >= 0.3 is 6.09 Å². The molecule has 1 saturated heterocycles. The summed E-state index contributed by atoms with van der Waals surface area (Å²) in [5.41, 5.74) is 0.792. The molecule has 1 amide bonds. The zero-order valence-electron chi connectivity index (χ0n) is 12.6. The lowest BCUT2D eigenvalue weighted by Gasteiger charge is -2.25. The second kappa shape index (κ2) is 5.02. The normalized spacial score (nSPS) is 21.3. The summed E-state index contributed by atoms with van der Waals surface area (Å²) in [7, 11) is 0. The Morgan fingerprint density at radius 3 is 2.62 bits per heavy atom. The molecule has 1 aromatic heterocycles. The van der Waals surface area contributed by atoms with Crippen molar-refractivity contribution in [3.8, 4) is 0 Å². The fourth-order valence-corrected chi connectivity index (χ4v) is 2.65. The van der Waals surface area contributed by atoms with Crippen molar-refractivity contribution >= 4 is 12.0 Å². The summed E-state index contributed by atoms with van der Waals surface area (Å²) in [6.45, 7) is 7.80. The second-order valence-corrected chi connectivity index (χ2v) is 6.46. The molecule has 0 radical (unpaired) electrons. The number of hydrogen-bond acceptors (Lipinski definition) is 5. The molecule has 0 saturated carbocycles. The maximum Gasteiger partial charge on any atom is 0.410 e. The number of likely N-dealkylation sites (tertiary alicyclic amines) is 1. The molecule has 0 aromatic carbocycles. The van der Waals surface area contributed by atoms with Crippen LogP contribution < -0.4 is 4.90 Å². The van der Waals surface area contributed by atoms with Crippen LogP contribution in [0.3, 0.4) is 0 Å². The third kappa shape index (κ3) is 2.99. The Hall–Kier alpha value is -2.11. The summed E-state index contributed by atoms with van der Waals surface area (Å²) in [5.74, 6) is 1.06. The van der Waals surface area contributed by atoms with Crippen molar-refractivity contribution in [2.24, 2.45) is 5.92 Å². The van der Waals surface area contributed by atoms with E-state index in [1.165, 1.54) is 5.57 Å². The molecule has 2 aliphatic heterocycles. The predicted molar refractivity (Wildman–Crippen MR) is 78.8 cm³/mol. The first-order chi connectivity index (χ1) is 9.92. The van der Waals surface area contributed by atoms with E-state index in [4.69, 9.17) is 4.74 Å². The smallest absolute Gasteiger partial charge is 0.410 e. The molecule has 0 bridgehead atoms. The van der Waals surface area contributed by atoms with Gasteiger partial charge in [0.25, 0.3) is 0 Å². The van der Waals surface area contributed by atoms with Gasteiger partial charge in [0, 0.05) is 44.1 Å². The molecule has 0 spiro atoms. The van der Waals surface area contributed by atoms with E-state index in [0.717, 1.165) is 6.54 Å². The Balaban J connectivity index is 1.66. The molecule has 6 heteroatoms. The Bertz CT molecular complexity index is 565. The van der Waals surface area contributed by atoms with Crippen molar-refractivity contribution in [1.82, 2.24) is 14.9 Å². The Labute approximate surface area is 124 Å². The molecular formula is C15H20N4O2. The number of nitrogens with zero attached hydrogens (tertiary/aromatic N) is 4. The fourth-order valence-electron chi connectivity index (χ4n) is 2.65. The van der Waals surface area contributed by atoms with Crippen molar-refractivity contribution in [2.45, 2.75) is 26.4 Å². The first kappa shape index (κ1) is 13.9. The highest BCUT2D eigenvalue weighted by Crippen LogP contribution is 2.31. The highest BCUT2D eigenvalue weighted by molar-refractivity contribution is 5.69. The quantitative estimate of drug-likeness (QED) is 0.791. The summed E-state index contributed by atoms with van der Waals surface area (Å²) < 4.78 is 5.42. The molecule has 0 N–H and O–H groups in total. The Morgan fingerprint density at radius 1 is 1.29 bits per heavy atom. The Morgan fingerprint density at radius 2 is 2.00 bits per heavy atom. The molecule has 21 heavy (non-hydrogen) atoms. The number of aromatic nitrogens is 2. The first-order valence-electron chi connectivity index (χ1n) is 7.14. The minimum absolute atomic E-state index is 0.236. The number of hydrogen-bond donors (Lipinski definition) is 0. The molecule has 1 atom stereocenters. The maximum absolute atomic E-state index is 12.1. The third-order valence-electron chi connectivity index (χ3n) is 3.54. The molecular weight excluding hydrogens is 268 g/mol. The molecule has 112 valence electrons. The highest BCUT2D eigenvalue weighted by atomic mass is 16.6. The second-order valence-electron chi connectivity index (χ2n) is 6.46. The van der Waals surface area contributed by atoms with E-state index >= 15 is 0 Å². The van der Waals surface area contributed by atoms with Gasteiger partial charge in [0.2, 0.25) is 5.95 Å². The lowest BCUT2D eigenvalue weighted by molar-refractivity contribution is 0.0291. The number of carbonyl (C=O) groups is 1. The van der Waals surface area contributed by atoms with E-state index in [9.17, 15) is 4.79 Å². The van der Waals surface area contributed by atoms with E-state index in [2.05, 4.69) is 16.2 Å². The van der Waals surface area contributed by atoms with Crippen molar-refractivity contribution in [3.05, 3.63) is 30.2 Å². The molecule has 6 nitrogen and oxygen atoms in total. The standard InChI is InChI=1S/C15H20N4O2/c1-15(2,3)21-14(20)19-9-11-7-18(8-12(11)10-19)13-16-5-4-6-17-13/h4-7,12H,8-10H2,1-3H3. The molecule has 1 unspecified atom stereocenters. The number of ether oxygens (including phenoxy) is 1. The SMILES string of the molecule is CC(C)(C)OC(=O)N1CC2=CN(c3ncccn3)CC2C1. The average molecular weight is 288 g/mol. The van der Waals surface area contributed by atoms with Gasteiger partial charge in [-0.2, -0.15) is 0 Å². The summed E-state index contributed by atoms with van der Waals surface area (Å²) >= 11 is 0. The minimum atomic E-state index is -0.451. The van der Waals surface area contributed by atoms with E-state index < -0.39 is 5.60 Å². The summed E-state index contributed by atoms with van der Waals surface area (Å²) in [5, 5.41) is 0. The number of fused-ring (bicyclic) bond motifs is 1. The van der Waals surface area contributed by atoms with Crippen molar-refractivity contribution in [1.29, 1.82) is 0 Å². The van der Waals surface area contributed by atoms with Gasteiger partial charge in [0.15, 0.2) is 0 Å². The fraction of sp³-hybridized carbons (Fsp3) is 0.533. The van der Waals surface area contributed by atoms with Crippen molar-refractivity contribution < 1.29 is 9.53 Å². The summed E-state index contributed by atoms with van der Waals surface area (Å²) in [6, 6.07) is 1.80. The van der Waals surface area contributed by atoms with Gasteiger partial charge in [0.1, 0.15) is 5.60 Å². The monoisotopic (exact) mass is 288 g/mol. The number of carbonyl (C=O) groups excluding carboxylic acids is 1. The summed E-state index contributed by atoms with van der Waals surface area (Å²) in [6.07, 6.45) is 5.30. The summed E-state index contributed by atoms with van der Waals surface area (Å²) in [4.78, 5) is 24.4. The van der Waals surface area contributed by atoms with Gasteiger partial charge in [-0.1, -0.05) is 0 Å². The van der Waals surface area contributed by atoms with Crippen LogP contribution in [-0.4, -0.2) is 46.2 Å². The van der Waals surface area contributed by atoms with Crippen LogP contribution in [0.4, 0.5) is 10.7 Å². The highest BCUT2D eigenvalue weighted by Gasteiger charge is 2.37. The Kier molecular flexibility index (Phi) is 3.31. The van der Waals surface area contributed by atoms with Gasteiger partial charge < -0.3 is 14.5 Å². The molecule has 1 fully saturated rings. The van der Waals surface area contributed by atoms with Gasteiger partial charge in [0.05, 0.1) is 0 Å². The van der Waals surface area contributed by atoms with Crippen LogP contribution in [0.1, 0.15) is 20.8 Å². The van der Waals surface area contributed by atoms with E-state index in [-0.39, 0.29) is 6.09 Å². The number of amides is 1. The van der Waals surface area contributed by atoms with E-state index in [1.54, 1.807) is 23.4 Å². The largest absolute Gasteiger partial charge is 0.444 e. The van der Waals surface area contributed by atoms with Crippen LogP contribution in [0.5, 0.6) is 0 Å². The van der Waals surface area contributed by atoms with Crippen molar-refractivity contribution in [2.75, 3.05) is 24.5 Å². The van der Waals surface area contributed by atoms with Crippen molar-refractivity contribution in [3.63, 3.8) is 0 Å². The van der Waals surface area contributed by atoms with Crippen LogP contribution in [0.2, 0.25) is 0 Å². The van der Waals surface area contributed by atoms with Crippen LogP contribution >= 0.6 is 0 Å². The van der Waals surface area contributed by atoms with E-state index in [1.807, 2.05) is 25.7 Å². The van der Waals surface area contributed by atoms with Crippen LogP contribution in [-0.2, 0) is 4.74 Å². The lowest BCUT2D eigenvalue weighted by atomic mass is 10.1. The van der Waals surface area contributed by atoms with Gasteiger partial charge in [-0.15, -0.1) is 0 Å². The zero-order valence-corrected chi connectivity index (χ0v) is 12.6. The van der Waals surface area contributed by atoms with Crippen LogP contribution in [0.25, 0.3) is 0 Å². The molecule has 3 rings (SSSR count). The molecule has 1 aromatic rings. The molecule has 2 aliphatic rings. The van der Waals surface area contributed by atoms with Crippen LogP contribution in [0.15, 0.2) is 30.2 Å². The number of rotatable bonds is 1. The first-order valence-corrected chi connectivity index (χ1v) is 7.14. The topological polar surface area (TPSA) is 58.6 Å².